The SMILES string of the molecule is CCC(CCO)NC(=O)Cc1csc(Cc2ccc(F)cc2)n1. The molecule has 0 spiro atoms. The molecule has 1 heterocycles. The number of carbonyl (C=O) groups excluding carboxylic acids is 1. The van der Waals surface area contributed by atoms with Gasteiger partial charge in [0.15, 0.2) is 0 Å². The Morgan fingerprint density at radius 3 is 2.78 bits per heavy atom. The van der Waals surface area contributed by atoms with E-state index in [1.54, 1.807) is 12.1 Å². The van der Waals surface area contributed by atoms with Crippen molar-refractivity contribution in [3.05, 3.63) is 51.7 Å². The zero-order chi connectivity index (χ0) is 16.7. The van der Waals surface area contributed by atoms with Gasteiger partial charge in [-0.15, -0.1) is 11.3 Å². The molecule has 0 fully saturated rings. The normalized spacial score (nSPS) is 12.1. The van der Waals surface area contributed by atoms with Crippen LogP contribution in [0.2, 0.25) is 0 Å². The molecule has 0 bridgehead atoms. The Bertz CT molecular complexity index is 628. The van der Waals surface area contributed by atoms with E-state index in [0.717, 1.165) is 22.7 Å². The molecule has 0 saturated carbocycles. The molecular formula is C17H21FN2O2S. The highest BCUT2D eigenvalue weighted by atomic mass is 32.1. The fourth-order valence-electron chi connectivity index (χ4n) is 2.27. The van der Waals surface area contributed by atoms with Crippen LogP contribution in [0.25, 0.3) is 0 Å². The molecule has 2 aromatic rings. The van der Waals surface area contributed by atoms with Crippen molar-refractivity contribution < 1.29 is 14.3 Å². The first-order valence-corrected chi connectivity index (χ1v) is 8.56. The summed E-state index contributed by atoms with van der Waals surface area (Å²) in [5, 5.41) is 14.6. The molecule has 1 aromatic carbocycles. The highest BCUT2D eigenvalue weighted by molar-refractivity contribution is 7.09. The second-order valence-corrected chi connectivity index (χ2v) is 6.34. The first-order valence-electron chi connectivity index (χ1n) is 7.68. The number of nitrogens with one attached hydrogen (secondary N) is 1. The van der Waals surface area contributed by atoms with Gasteiger partial charge in [-0.1, -0.05) is 19.1 Å². The van der Waals surface area contributed by atoms with Crippen LogP contribution >= 0.6 is 11.3 Å². The summed E-state index contributed by atoms with van der Waals surface area (Å²) in [5.74, 6) is -0.331. The maximum absolute atomic E-state index is 12.9. The quantitative estimate of drug-likeness (QED) is 0.779. The second kappa shape index (κ2) is 8.74. The number of aliphatic hydroxyl groups is 1. The maximum atomic E-state index is 12.9. The van der Waals surface area contributed by atoms with Crippen molar-refractivity contribution in [1.29, 1.82) is 0 Å². The summed E-state index contributed by atoms with van der Waals surface area (Å²) in [6.45, 7) is 2.04. The molecule has 2 rings (SSSR count). The third-order valence-corrected chi connectivity index (χ3v) is 4.44. The average Bonchev–Trinajstić information content (AvgIpc) is 2.96. The van der Waals surface area contributed by atoms with Crippen LogP contribution in [-0.2, 0) is 17.6 Å². The van der Waals surface area contributed by atoms with Crippen molar-refractivity contribution in [2.45, 2.75) is 38.6 Å². The van der Waals surface area contributed by atoms with Gasteiger partial charge < -0.3 is 10.4 Å². The summed E-state index contributed by atoms with van der Waals surface area (Å²) < 4.78 is 12.9. The van der Waals surface area contributed by atoms with Crippen LogP contribution < -0.4 is 5.32 Å². The molecule has 0 aliphatic heterocycles. The lowest BCUT2D eigenvalue weighted by Gasteiger charge is -2.15. The molecule has 23 heavy (non-hydrogen) atoms. The van der Waals surface area contributed by atoms with E-state index in [-0.39, 0.29) is 30.8 Å². The Labute approximate surface area is 139 Å². The number of carbonyl (C=O) groups is 1. The fraction of sp³-hybridized carbons (Fsp3) is 0.412. The van der Waals surface area contributed by atoms with Crippen LogP contribution in [0.3, 0.4) is 0 Å². The van der Waals surface area contributed by atoms with Crippen molar-refractivity contribution in [1.82, 2.24) is 10.3 Å². The molecular weight excluding hydrogens is 315 g/mol. The van der Waals surface area contributed by atoms with Crippen LogP contribution in [0.4, 0.5) is 4.39 Å². The highest BCUT2D eigenvalue weighted by Gasteiger charge is 2.12. The fourth-order valence-corrected chi connectivity index (χ4v) is 3.09. The molecule has 0 radical (unpaired) electrons. The van der Waals surface area contributed by atoms with Gasteiger partial charge in [0.25, 0.3) is 0 Å². The van der Waals surface area contributed by atoms with Crippen molar-refractivity contribution in [3.63, 3.8) is 0 Å². The Morgan fingerprint density at radius 1 is 1.39 bits per heavy atom. The van der Waals surface area contributed by atoms with E-state index in [1.807, 2.05) is 12.3 Å². The lowest BCUT2D eigenvalue weighted by molar-refractivity contribution is -0.121. The Kier molecular flexibility index (Phi) is 6.67. The third kappa shape index (κ3) is 5.73. The molecule has 0 aliphatic carbocycles. The zero-order valence-corrected chi connectivity index (χ0v) is 13.9. The van der Waals surface area contributed by atoms with E-state index in [9.17, 15) is 9.18 Å². The summed E-state index contributed by atoms with van der Waals surface area (Å²) in [4.78, 5) is 16.5. The van der Waals surface area contributed by atoms with E-state index in [4.69, 9.17) is 5.11 Å². The van der Waals surface area contributed by atoms with Crippen molar-refractivity contribution in [2.24, 2.45) is 0 Å². The van der Waals surface area contributed by atoms with E-state index in [1.165, 1.54) is 23.5 Å². The molecule has 1 atom stereocenters. The van der Waals surface area contributed by atoms with Gasteiger partial charge in [0.1, 0.15) is 5.82 Å². The minimum atomic E-state index is -0.251. The highest BCUT2D eigenvalue weighted by Crippen LogP contribution is 2.16. The van der Waals surface area contributed by atoms with Crippen molar-refractivity contribution >= 4 is 17.2 Å². The third-order valence-electron chi connectivity index (χ3n) is 3.55. The van der Waals surface area contributed by atoms with Crippen LogP contribution in [0, 0.1) is 5.82 Å². The zero-order valence-electron chi connectivity index (χ0n) is 13.1. The summed E-state index contributed by atoms with van der Waals surface area (Å²) >= 11 is 1.50. The predicted octanol–water partition coefficient (Wildman–Crippen LogP) is 2.69. The van der Waals surface area contributed by atoms with Crippen LogP contribution in [0.1, 0.15) is 36.0 Å². The standard InChI is InChI=1S/C17H21FN2O2S/c1-2-14(7-8-21)19-16(22)10-15-11-23-17(20-15)9-12-3-5-13(18)6-4-12/h3-6,11,14,21H,2,7-10H2,1H3,(H,19,22). The maximum Gasteiger partial charge on any atom is 0.226 e. The molecule has 1 unspecified atom stereocenters. The molecule has 4 nitrogen and oxygen atoms in total. The van der Waals surface area contributed by atoms with Crippen LogP contribution in [-0.4, -0.2) is 28.6 Å². The van der Waals surface area contributed by atoms with E-state index >= 15 is 0 Å². The number of amides is 1. The molecule has 1 amide bonds. The predicted molar refractivity (Wildman–Crippen MR) is 88.9 cm³/mol. The minimum absolute atomic E-state index is 0.00446. The molecule has 124 valence electrons. The van der Waals surface area contributed by atoms with Gasteiger partial charge in [0, 0.05) is 24.4 Å². The number of aliphatic hydroxyl groups excluding tert-OH is 1. The average molecular weight is 336 g/mol. The van der Waals surface area contributed by atoms with Gasteiger partial charge in [0.05, 0.1) is 17.1 Å². The van der Waals surface area contributed by atoms with Crippen LogP contribution in [0.5, 0.6) is 0 Å². The van der Waals surface area contributed by atoms with Crippen molar-refractivity contribution in [3.8, 4) is 0 Å². The van der Waals surface area contributed by atoms with Gasteiger partial charge in [-0.2, -0.15) is 0 Å². The summed E-state index contributed by atoms with van der Waals surface area (Å²) in [6, 6.07) is 6.35. The topological polar surface area (TPSA) is 62.2 Å². The van der Waals surface area contributed by atoms with E-state index in [2.05, 4.69) is 10.3 Å². The molecule has 2 N–H and O–H groups in total. The van der Waals surface area contributed by atoms with E-state index in [0.29, 0.717) is 12.8 Å². The lowest BCUT2D eigenvalue weighted by atomic mass is 10.1. The number of nitrogens with zero attached hydrogens (tertiary/aromatic N) is 1. The first kappa shape index (κ1) is 17.6. The second-order valence-electron chi connectivity index (χ2n) is 5.40. The molecule has 1 aromatic heterocycles. The number of hydrogen-bond acceptors (Lipinski definition) is 4. The first-order chi connectivity index (χ1) is 11.1. The van der Waals surface area contributed by atoms with E-state index < -0.39 is 0 Å². The summed E-state index contributed by atoms with van der Waals surface area (Å²) in [6.07, 6.45) is 2.23. The van der Waals surface area contributed by atoms with Gasteiger partial charge in [-0.3, -0.25) is 4.79 Å². The molecule has 6 heteroatoms. The monoisotopic (exact) mass is 336 g/mol. The lowest BCUT2D eigenvalue weighted by Crippen LogP contribution is -2.36. The molecule has 0 saturated heterocycles. The number of halogens is 1. The molecule has 0 aliphatic rings. The number of benzene rings is 1. The Morgan fingerprint density at radius 2 is 2.13 bits per heavy atom. The summed E-state index contributed by atoms with van der Waals surface area (Å²) in [5.41, 5.74) is 1.73. The largest absolute Gasteiger partial charge is 0.396 e. The number of thiazole rings is 1. The van der Waals surface area contributed by atoms with Gasteiger partial charge in [0.2, 0.25) is 5.91 Å². The van der Waals surface area contributed by atoms with Crippen molar-refractivity contribution in [2.75, 3.05) is 6.61 Å². The van der Waals surface area contributed by atoms with Gasteiger partial charge in [-0.25, -0.2) is 9.37 Å². The van der Waals surface area contributed by atoms with Gasteiger partial charge >= 0.3 is 0 Å². The minimum Gasteiger partial charge on any atom is -0.396 e. The number of rotatable bonds is 8. The van der Waals surface area contributed by atoms with Gasteiger partial charge in [-0.05, 0) is 30.5 Å². The number of aromatic nitrogens is 1. The smallest absolute Gasteiger partial charge is 0.226 e. The number of hydrogen-bond donors (Lipinski definition) is 2. The summed E-state index contributed by atoms with van der Waals surface area (Å²) in [7, 11) is 0. The Balaban J connectivity index is 1.89. The van der Waals surface area contributed by atoms with Crippen LogP contribution in [0.15, 0.2) is 29.6 Å². The Hall–Kier alpha value is -1.79.